The molecule has 0 bridgehead atoms. The molecule has 2 rings (SSSR count). The number of amides is 1. The number of thioether (sulfide) groups is 1. The topological polar surface area (TPSA) is 84.7 Å². The quantitative estimate of drug-likeness (QED) is 0.569. The average Bonchev–Trinajstić information content (AvgIpc) is 3.03. The van der Waals surface area contributed by atoms with Crippen molar-refractivity contribution in [2.75, 3.05) is 33.0 Å². The number of likely N-dealkylation sites (tertiary alicyclic amines) is 1. The van der Waals surface area contributed by atoms with E-state index in [1.54, 1.807) is 12.1 Å². The van der Waals surface area contributed by atoms with Gasteiger partial charge in [-0.2, -0.15) is 0 Å². The summed E-state index contributed by atoms with van der Waals surface area (Å²) in [5, 5.41) is 14.2. The number of rotatable bonds is 8. The van der Waals surface area contributed by atoms with Gasteiger partial charge in [0.25, 0.3) is 0 Å². The summed E-state index contributed by atoms with van der Waals surface area (Å²) in [5.74, 6) is 1.33. The van der Waals surface area contributed by atoms with Crippen molar-refractivity contribution in [3.05, 3.63) is 33.9 Å². The van der Waals surface area contributed by atoms with Crippen LogP contribution in [0.3, 0.4) is 0 Å². The van der Waals surface area contributed by atoms with E-state index in [0.717, 1.165) is 31.5 Å². The Morgan fingerprint density at radius 2 is 2.33 bits per heavy atom. The summed E-state index contributed by atoms with van der Waals surface area (Å²) in [5.41, 5.74) is 0.768. The second-order valence-corrected chi connectivity index (χ2v) is 6.68. The van der Waals surface area contributed by atoms with Gasteiger partial charge < -0.3 is 15.0 Å². The van der Waals surface area contributed by atoms with E-state index in [2.05, 4.69) is 5.32 Å². The Morgan fingerprint density at radius 3 is 3.00 bits per heavy atom. The van der Waals surface area contributed by atoms with E-state index in [0.29, 0.717) is 11.5 Å². The van der Waals surface area contributed by atoms with Gasteiger partial charge in [-0.25, -0.2) is 0 Å². The monoisotopic (exact) mass is 353 g/mol. The van der Waals surface area contributed by atoms with Crippen LogP contribution in [0.15, 0.2) is 18.2 Å². The summed E-state index contributed by atoms with van der Waals surface area (Å²) in [6.45, 7) is 1.64. The molecule has 0 aliphatic carbocycles. The lowest BCUT2D eigenvalue weighted by atomic mass is 10.2. The molecule has 1 aromatic carbocycles. The molecule has 1 saturated heterocycles. The van der Waals surface area contributed by atoms with Gasteiger partial charge in [0.15, 0.2) is 5.75 Å². The molecule has 8 heteroatoms. The Labute approximate surface area is 145 Å². The summed E-state index contributed by atoms with van der Waals surface area (Å²) in [6.07, 6.45) is 2.09. The van der Waals surface area contributed by atoms with Crippen molar-refractivity contribution >= 4 is 23.4 Å². The van der Waals surface area contributed by atoms with E-state index in [-0.39, 0.29) is 23.4 Å². The number of carbonyl (C=O) groups excluding carboxylic acids is 1. The number of hydrogen-bond acceptors (Lipinski definition) is 6. The summed E-state index contributed by atoms with van der Waals surface area (Å²) in [7, 11) is 3.30. The molecule has 132 valence electrons. The Kier molecular flexibility index (Phi) is 6.86. The third kappa shape index (κ3) is 4.61. The van der Waals surface area contributed by atoms with Crippen molar-refractivity contribution < 1.29 is 14.5 Å². The van der Waals surface area contributed by atoms with E-state index in [1.165, 1.54) is 24.9 Å². The van der Waals surface area contributed by atoms with Crippen LogP contribution in [0.5, 0.6) is 5.75 Å². The van der Waals surface area contributed by atoms with E-state index < -0.39 is 4.92 Å². The zero-order valence-corrected chi connectivity index (χ0v) is 14.8. The molecule has 1 N–H and O–H groups in total. The number of ether oxygens (including phenoxy) is 1. The third-order valence-corrected chi connectivity index (χ3v) is 5.06. The van der Waals surface area contributed by atoms with Gasteiger partial charge in [0.1, 0.15) is 0 Å². The normalized spacial score (nSPS) is 17.1. The third-order valence-electron chi connectivity index (χ3n) is 4.07. The molecule has 1 aromatic rings. The van der Waals surface area contributed by atoms with E-state index >= 15 is 0 Å². The zero-order chi connectivity index (χ0) is 17.5. The Hall–Kier alpha value is -1.80. The minimum absolute atomic E-state index is 0.0458. The van der Waals surface area contributed by atoms with Gasteiger partial charge in [-0.3, -0.25) is 14.9 Å². The number of nitrogens with one attached hydrogen (secondary N) is 1. The number of likely N-dealkylation sites (N-methyl/N-ethyl adjacent to an activating group) is 1. The zero-order valence-electron chi connectivity index (χ0n) is 14.0. The first kappa shape index (κ1) is 18.5. The van der Waals surface area contributed by atoms with Gasteiger partial charge in [-0.05, 0) is 31.5 Å². The number of carbonyl (C=O) groups is 1. The Balaban J connectivity index is 1.88. The van der Waals surface area contributed by atoms with Crippen LogP contribution >= 0.6 is 11.8 Å². The molecule has 0 aromatic heterocycles. The fourth-order valence-electron chi connectivity index (χ4n) is 2.92. The maximum atomic E-state index is 12.3. The van der Waals surface area contributed by atoms with Crippen molar-refractivity contribution in [1.29, 1.82) is 0 Å². The van der Waals surface area contributed by atoms with Gasteiger partial charge >= 0.3 is 5.69 Å². The maximum Gasteiger partial charge on any atom is 0.311 e. The fourth-order valence-corrected chi connectivity index (χ4v) is 3.78. The van der Waals surface area contributed by atoms with Crippen LogP contribution < -0.4 is 10.1 Å². The molecule has 1 aliphatic rings. The van der Waals surface area contributed by atoms with Crippen LogP contribution in [0.4, 0.5) is 5.69 Å². The summed E-state index contributed by atoms with van der Waals surface area (Å²) < 4.78 is 4.99. The van der Waals surface area contributed by atoms with E-state index in [4.69, 9.17) is 4.74 Å². The summed E-state index contributed by atoms with van der Waals surface area (Å²) in [4.78, 5) is 24.9. The molecule has 0 radical (unpaired) electrons. The Bertz CT molecular complexity index is 597. The fraction of sp³-hybridized carbons (Fsp3) is 0.562. The van der Waals surface area contributed by atoms with Gasteiger partial charge in [-0.1, -0.05) is 6.07 Å². The van der Waals surface area contributed by atoms with Crippen LogP contribution in [0.25, 0.3) is 0 Å². The highest BCUT2D eigenvalue weighted by atomic mass is 32.2. The van der Waals surface area contributed by atoms with Gasteiger partial charge in [0.05, 0.1) is 17.8 Å². The molecule has 7 nitrogen and oxygen atoms in total. The van der Waals surface area contributed by atoms with Crippen molar-refractivity contribution in [3.8, 4) is 5.75 Å². The highest BCUT2D eigenvalue weighted by Gasteiger charge is 2.27. The van der Waals surface area contributed by atoms with Crippen molar-refractivity contribution in [3.63, 3.8) is 0 Å². The first-order valence-electron chi connectivity index (χ1n) is 7.90. The van der Waals surface area contributed by atoms with E-state index in [1.807, 2.05) is 11.9 Å². The van der Waals surface area contributed by atoms with Crippen molar-refractivity contribution in [1.82, 2.24) is 10.2 Å². The minimum atomic E-state index is -0.454. The smallest absolute Gasteiger partial charge is 0.311 e. The highest BCUT2D eigenvalue weighted by Crippen LogP contribution is 2.29. The maximum absolute atomic E-state index is 12.3. The number of nitrogens with zero attached hydrogens (tertiary/aromatic N) is 2. The molecule has 0 saturated carbocycles. The number of methoxy groups -OCH3 is 1. The van der Waals surface area contributed by atoms with Crippen LogP contribution in [0.2, 0.25) is 0 Å². The van der Waals surface area contributed by atoms with Crippen LogP contribution in [0, 0.1) is 10.1 Å². The van der Waals surface area contributed by atoms with Crippen LogP contribution in [-0.4, -0.2) is 54.8 Å². The SMILES string of the molecule is CNCC1CCCN1C(=O)CSCc1ccc(OC)c([N+](=O)[O-])c1. The molecule has 1 fully saturated rings. The van der Waals surface area contributed by atoms with Gasteiger partial charge in [-0.15, -0.1) is 11.8 Å². The molecule has 1 amide bonds. The predicted molar refractivity (Wildman–Crippen MR) is 94.5 cm³/mol. The molecule has 1 aliphatic heterocycles. The lowest BCUT2D eigenvalue weighted by molar-refractivity contribution is -0.385. The molecular formula is C16H23N3O4S. The lowest BCUT2D eigenvalue weighted by Crippen LogP contribution is -2.41. The summed E-state index contributed by atoms with van der Waals surface area (Å²) in [6, 6.07) is 5.18. The predicted octanol–water partition coefficient (Wildman–Crippen LogP) is 2.05. The lowest BCUT2D eigenvalue weighted by Gasteiger charge is -2.24. The second kappa shape index (κ2) is 8.89. The first-order chi connectivity index (χ1) is 11.6. The van der Waals surface area contributed by atoms with Gasteiger partial charge in [0.2, 0.25) is 5.91 Å². The van der Waals surface area contributed by atoms with Crippen molar-refractivity contribution in [2.45, 2.75) is 24.6 Å². The molecule has 1 atom stereocenters. The number of nitro benzene ring substituents is 1. The average molecular weight is 353 g/mol. The van der Waals surface area contributed by atoms with Crippen molar-refractivity contribution in [2.24, 2.45) is 0 Å². The van der Waals surface area contributed by atoms with E-state index in [9.17, 15) is 14.9 Å². The standard InChI is InChI=1S/C16H23N3O4S/c1-17-9-13-4-3-7-18(13)16(20)11-24-10-12-5-6-15(23-2)14(8-12)19(21)22/h5-6,8,13,17H,3-4,7,9-11H2,1-2H3. The first-order valence-corrected chi connectivity index (χ1v) is 9.05. The van der Waals surface area contributed by atoms with Gasteiger partial charge in [0, 0.05) is 31.0 Å². The molecule has 1 heterocycles. The molecule has 1 unspecified atom stereocenters. The number of nitro groups is 1. The van der Waals surface area contributed by atoms with Crippen LogP contribution in [-0.2, 0) is 10.5 Å². The number of benzene rings is 1. The van der Waals surface area contributed by atoms with Crippen LogP contribution in [0.1, 0.15) is 18.4 Å². The molecule has 0 spiro atoms. The summed E-state index contributed by atoms with van der Waals surface area (Å²) >= 11 is 1.48. The second-order valence-electron chi connectivity index (χ2n) is 5.70. The Morgan fingerprint density at radius 1 is 1.54 bits per heavy atom. The minimum Gasteiger partial charge on any atom is -0.490 e. The number of hydrogen-bond donors (Lipinski definition) is 1. The molecule has 24 heavy (non-hydrogen) atoms. The largest absolute Gasteiger partial charge is 0.490 e. The highest BCUT2D eigenvalue weighted by molar-refractivity contribution is 7.99. The molecular weight excluding hydrogens is 330 g/mol.